The van der Waals surface area contributed by atoms with Crippen molar-refractivity contribution in [3.8, 4) is 0 Å². The summed E-state index contributed by atoms with van der Waals surface area (Å²) < 4.78 is 2.93. The minimum absolute atomic E-state index is 0.0272. The molecule has 0 fully saturated rings. The highest BCUT2D eigenvalue weighted by Gasteiger charge is 2.26. The van der Waals surface area contributed by atoms with Crippen LogP contribution < -0.4 is 10.6 Å². The van der Waals surface area contributed by atoms with Crippen LogP contribution in [0.3, 0.4) is 0 Å². The Labute approximate surface area is 239 Å². The molecule has 0 aliphatic heterocycles. The summed E-state index contributed by atoms with van der Waals surface area (Å²) in [7, 11) is 1.82. The highest BCUT2D eigenvalue weighted by atomic mass is 127. The number of hydrogen-bond acceptors (Lipinski definition) is 5. The van der Waals surface area contributed by atoms with E-state index in [-0.39, 0.29) is 34.4 Å². The van der Waals surface area contributed by atoms with E-state index >= 15 is 0 Å². The number of halogens is 3. The van der Waals surface area contributed by atoms with E-state index in [2.05, 4.69) is 63.3 Å². The Morgan fingerprint density at radius 2 is 1.81 bits per heavy atom. The van der Waals surface area contributed by atoms with Crippen LogP contribution in [0.15, 0.2) is 41.6 Å². The van der Waals surface area contributed by atoms with Gasteiger partial charge in [-0.1, -0.05) is 62.7 Å². The molecule has 0 saturated heterocycles. The van der Waals surface area contributed by atoms with E-state index in [0.29, 0.717) is 21.6 Å². The number of nitrogens with zero attached hydrogens (tertiary/aromatic N) is 3. The number of anilines is 1. The fourth-order valence-electron chi connectivity index (χ4n) is 3.59. The lowest BCUT2D eigenvalue weighted by Gasteiger charge is -2.22. The van der Waals surface area contributed by atoms with Gasteiger partial charge >= 0.3 is 0 Å². The zero-order chi connectivity index (χ0) is 26.6. The van der Waals surface area contributed by atoms with Crippen molar-refractivity contribution >= 4 is 75.1 Å². The Kier molecular flexibility index (Phi) is 10.1. The molecular formula is C25H28Cl2IN5O2S. The van der Waals surface area contributed by atoms with E-state index < -0.39 is 6.04 Å². The summed E-state index contributed by atoms with van der Waals surface area (Å²) in [5.41, 5.74) is 2.24. The topological polar surface area (TPSA) is 88.9 Å². The zero-order valence-corrected chi connectivity index (χ0v) is 25.1. The van der Waals surface area contributed by atoms with Crippen LogP contribution in [0.25, 0.3) is 0 Å². The number of aromatic nitrogens is 3. The molecule has 1 atom stereocenters. The SMILES string of the molecule is CC(C)c1cc(I)ccc1NC(=O)CSc1nnc([C@@H](NC(=O)c2ccc(Cl)cc2Cl)C(C)C)n1C. The maximum absolute atomic E-state index is 12.9. The molecule has 0 spiro atoms. The van der Waals surface area contributed by atoms with Gasteiger partial charge in [-0.15, -0.1) is 10.2 Å². The number of thioether (sulfide) groups is 1. The van der Waals surface area contributed by atoms with E-state index in [9.17, 15) is 9.59 Å². The first-order valence-corrected chi connectivity index (χ1v) is 14.2. The molecule has 0 saturated carbocycles. The summed E-state index contributed by atoms with van der Waals surface area (Å²) in [6.45, 7) is 8.16. The fourth-order valence-corrected chi connectivity index (χ4v) is 5.31. The van der Waals surface area contributed by atoms with Crippen LogP contribution in [0.4, 0.5) is 5.69 Å². The van der Waals surface area contributed by atoms with Crippen molar-refractivity contribution in [3.05, 3.63) is 67.0 Å². The molecule has 3 rings (SSSR count). The second-order valence-corrected chi connectivity index (χ2v) is 12.0. The van der Waals surface area contributed by atoms with Crippen LogP contribution in [0.2, 0.25) is 10.0 Å². The van der Waals surface area contributed by atoms with Crippen molar-refractivity contribution in [2.75, 3.05) is 11.1 Å². The second kappa shape index (κ2) is 12.6. The fraction of sp³-hybridized carbons (Fsp3) is 0.360. The number of nitrogens with one attached hydrogen (secondary N) is 2. The molecule has 11 heteroatoms. The molecule has 0 aliphatic carbocycles. The lowest BCUT2D eigenvalue weighted by Crippen LogP contribution is -2.33. The minimum Gasteiger partial charge on any atom is -0.342 e. The van der Waals surface area contributed by atoms with Gasteiger partial charge in [-0.3, -0.25) is 9.59 Å². The first-order chi connectivity index (χ1) is 17.0. The van der Waals surface area contributed by atoms with E-state index in [1.165, 1.54) is 17.8 Å². The van der Waals surface area contributed by atoms with Crippen LogP contribution >= 0.6 is 57.6 Å². The molecule has 0 aliphatic rings. The molecule has 192 valence electrons. The Bertz CT molecular complexity index is 1270. The summed E-state index contributed by atoms with van der Waals surface area (Å²) in [6, 6.07) is 10.3. The highest BCUT2D eigenvalue weighted by molar-refractivity contribution is 14.1. The molecule has 0 bridgehead atoms. The second-order valence-electron chi connectivity index (χ2n) is 8.94. The first kappa shape index (κ1) is 28.7. The number of rotatable bonds is 9. The Morgan fingerprint density at radius 3 is 2.44 bits per heavy atom. The lowest BCUT2D eigenvalue weighted by atomic mass is 10.0. The molecule has 0 unspecified atom stereocenters. The average Bonchev–Trinajstić information content (AvgIpc) is 3.16. The van der Waals surface area contributed by atoms with E-state index in [4.69, 9.17) is 23.2 Å². The molecule has 0 radical (unpaired) electrons. The van der Waals surface area contributed by atoms with Gasteiger partial charge in [0.05, 0.1) is 22.4 Å². The third-order valence-corrected chi connectivity index (χ3v) is 7.76. The molecule has 7 nitrogen and oxygen atoms in total. The van der Waals surface area contributed by atoms with Crippen molar-refractivity contribution in [2.24, 2.45) is 13.0 Å². The van der Waals surface area contributed by atoms with E-state index in [1.807, 2.05) is 33.0 Å². The highest BCUT2D eigenvalue weighted by Crippen LogP contribution is 2.28. The molecule has 36 heavy (non-hydrogen) atoms. The third kappa shape index (κ3) is 7.14. The largest absolute Gasteiger partial charge is 0.342 e. The average molecular weight is 660 g/mol. The quantitative estimate of drug-likeness (QED) is 0.197. The van der Waals surface area contributed by atoms with Crippen molar-refractivity contribution in [1.29, 1.82) is 0 Å². The normalized spacial score (nSPS) is 12.2. The summed E-state index contributed by atoms with van der Waals surface area (Å²) in [6.07, 6.45) is 0. The van der Waals surface area contributed by atoms with Crippen LogP contribution in [-0.2, 0) is 11.8 Å². The predicted molar refractivity (Wildman–Crippen MR) is 155 cm³/mol. The van der Waals surface area contributed by atoms with Gasteiger partial charge in [0.1, 0.15) is 0 Å². The molecule has 2 amide bonds. The van der Waals surface area contributed by atoms with Gasteiger partial charge in [0.25, 0.3) is 5.91 Å². The van der Waals surface area contributed by atoms with Crippen LogP contribution in [0.1, 0.15) is 61.4 Å². The van der Waals surface area contributed by atoms with Crippen LogP contribution in [0, 0.1) is 9.49 Å². The number of benzene rings is 2. The number of amides is 2. The van der Waals surface area contributed by atoms with Gasteiger partial charge in [-0.2, -0.15) is 0 Å². The lowest BCUT2D eigenvalue weighted by molar-refractivity contribution is -0.113. The maximum Gasteiger partial charge on any atom is 0.253 e. The Balaban J connectivity index is 1.70. The summed E-state index contributed by atoms with van der Waals surface area (Å²) >= 11 is 15.7. The summed E-state index contributed by atoms with van der Waals surface area (Å²) in [5, 5.41) is 15.9. The standard InChI is InChI=1S/C25H28Cl2IN5O2S/c1-13(2)18-11-16(28)7-9-20(18)29-21(34)12-36-25-32-31-23(33(25)5)22(14(3)4)30-24(35)17-8-6-15(26)10-19(17)27/h6-11,13-14,22H,12H2,1-5H3,(H,29,34)(H,30,35)/t22-/m0/s1. The third-order valence-electron chi connectivity index (χ3n) is 5.52. The molecular weight excluding hydrogens is 632 g/mol. The maximum atomic E-state index is 12.9. The zero-order valence-electron chi connectivity index (χ0n) is 20.6. The van der Waals surface area contributed by atoms with Crippen molar-refractivity contribution in [3.63, 3.8) is 0 Å². The van der Waals surface area contributed by atoms with E-state index in [0.717, 1.165) is 14.8 Å². The van der Waals surface area contributed by atoms with E-state index in [1.54, 1.807) is 16.7 Å². The van der Waals surface area contributed by atoms with Gasteiger partial charge in [-0.05, 0) is 76.4 Å². The number of carbonyl (C=O) groups is 2. The minimum atomic E-state index is -0.412. The van der Waals surface area contributed by atoms with Gasteiger partial charge in [0.2, 0.25) is 5.91 Å². The van der Waals surface area contributed by atoms with Crippen molar-refractivity contribution in [2.45, 2.75) is 44.8 Å². The van der Waals surface area contributed by atoms with Crippen LogP contribution in [-0.4, -0.2) is 32.3 Å². The Morgan fingerprint density at radius 1 is 1.08 bits per heavy atom. The van der Waals surface area contributed by atoms with Gasteiger partial charge in [0, 0.05) is 21.3 Å². The van der Waals surface area contributed by atoms with Gasteiger partial charge in [-0.25, -0.2) is 0 Å². The number of hydrogen-bond donors (Lipinski definition) is 2. The predicted octanol–water partition coefficient (Wildman–Crippen LogP) is 6.71. The van der Waals surface area contributed by atoms with Crippen LogP contribution in [0.5, 0.6) is 0 Å². The first-order valence-electron chi connectivity index (χ1n) is 11.3. The molecule has 2 N–H and O–H groups in total. The molecule has 3 aromatic rings. The smallest absolute Gasteiger partial charge is 0.253 e. The number of carbonyl (C=O) groups excluding carboxylic acids is 2. The molecule has 1 heterocycles. The van der Waals surface area contributed by atoms with Gasteiger partial charge < -0.3 is 15.2 Å². The summed E-state index contributed by atoms with van der Waals surface area (Å²) in [4.78, 5) is 25.6. The molecule has 2 aromatic carbocycles. The molecule has 1 aromatic heterocycles. The monoisotopic (exact) mass is 659 g/mol. The van der Waals surface area contributed by atoms with Crippen molar-refractivity contribution < 1.29 is 9.59 Å². The van der Waals surface area contributed by atoms with Crippen molar-refractivity contribution in [1.82, 2.24) is 20.1 Å². The summed E-state index contributed by atoms with van der Waals surface area (Å²) in [5.74, 6) is 0.624. The Hall–Kier alpha value is -1.82. The van der Waals surface area contributed by atoms with Gasteiger partial charge in [0.15, 0.2) is 11.0 Å².